The Morgan fingerprint density at radius 3 is 2.50 bits per heavy atom. The molecule has 4 aromatic rings. The predicted octanol–water partition coefficient (Wildman–Crippen LogP) is 4.52. The van der Waals surface area contributed by atoms with Crippen molar-refractivity contribution in [3.8, 4) is 11.4 Å². The molecule has 1 unspecified atom stereocenters. The number of hydrogen-bond acceptors (Lipinski definition) is 3. The first kappa shape index (κ1) is 16.3. The molecule has 2 aromatic carbocycles. The maximum Gasteiger partial charge on any atom is 0.176 e. The predicted molar refractivity (Wildman–Crippen MR) is 97.5 cm³/mol. The highest BCUT2D eigenvalue weighted by Crippen LogP contribution is 2.30. The molecule has 132 valence electrons. The average molecular weight is 350 g/mol. The zero-order chi connectivity index (χ0) is 18.3. The Bertz CT molecular complexity index is 1040. The molecule has 0 aliphatic carbocycles. The lowest BCUT2D eigenvalue weighted by molar-refractivity contribution is 0.203. The van der Waals surface area contributed by atoms with Crippen LogP contribution in [0.4, 0.5) is 4.39 Å². The van der Waals surface area contributed by atoms with Gasteiger partial charge in [0.1, 0.15) is 11.3 Å². The SMILES string of the molecule is CC(C)C(c1ccc2nc(-c3ccc(F)cc3)n(O)c2c1)n1ccnc1. The third-order valence-corrected chi connectivity index (χ3v) is 4.58. The third kappa shape index (κ3) is 2.73. The lowest BCUT2D eigenvalue weighted by atomic mass is 9.95. The largest absolute Gasteiger partial charge is 0.426 e. The number of nitrogens with zero attached hydrogens (tertiary/aromatic N) is 4. The van der Waals surface area contributed by atoms with E-state index >= 15 is 0 Å². The fourth-order valence-corrected chi connectivity index (χ4v) is 3.39. The summed E-state index contributed by atoms with van der Waals surface area (Å²) < 4.78 is 16.3. The molecule has 0 aliphatic rings. The van der Waals surface area contributed by atoms with Crippen molar-refractivity contribution in [1.82, 2.24) is 19.3 Å². The molecule has 26 heavy (non-hydrogen) atoms. The van der Waals surface area contributed by atoms with E-state index in [1.165, 1.54) is 12.1 Å². The standard InChI is InChI=1S/C20H19FN4O/c1-13(2)19(24-10-9-22-12-24)15-5-8-17-18(11-15)25(26)20(23-17)14-3-6-16(21)7-4-14/h3-13,19,26H,1-2H3. The molecular weight excluding hydrogens is 331 g/mol. The lowest BCUT2D eigenvalue weighted by Gasteiger charge is -2.23. The molecule has 4 rings (SSSR count). The van der Waals surface area contributed by atoms with Crippen LogP contribution in [0.25, 0.3) is 22.4 Å². The van der Waals surface area contributed by atoms with Gasteiger partial charge in [-0.05, 0) is 47.9 Å². The molecule has 0 spiro atoms. The molecule has 6 heteroatoms. The van der Waals surface area contributed by atoms with E-state index in [-0.39, 0.29) is 11.9 Å². The minimum Gasteiger partial charge on any atom is -0.426 e. The summed E-state index contributed by atoms with van der Waals surface area (Å²) in [5, 5.41) is 10.6. The van der Waals surface area contributed by atoms with Crippen molar-refractivity contribution >= 4 is 11.0 Å². The molecule has 0 bridgehead atoms. The van der Waals surface area contributed by atoms with E-state index in [0.29, 0.717) is 28.3 Å². The van der Waals surface area contributed by atoms with Gasteiger partial charge in [0.25, 0.3) is 0 Å². The van der Waals surface area contributed by atoms with Gasteiger partial charge >= 0.3 is 0 Å². The van der Waals surface area contributed by atoms with E-state index in [4.69, 9.17) is 0 Å². The average Bonchev–Trinajstić information content (AvgIpc) is 3.25. The van der Waals surface area contributed by atoms with Crippen LogP contribution in [0.3, 0.4) is 0 Å². The fourth-order valence-electron chi connectivity index (χ4n) is 3.39. The molecule has 0 amide bonds. The van der Waals surface area contributed by atoms with Crippen LogP contribution in [-0.4, -0.2) is 24.5 Å². The Kier molecular flexibility index (Phi) is 3.95. The van der Waals surface area contributed by atoms with Crippen LogP contribution in [0.15, 0.2) is 61.2 Å². The minimum absolute atomic E-state index is 0.103. The van der Waals surface area contributed by atoms with Crippen molar-refractivity contribution < 1.29 is 9.60 Å². The van der Waals surface area contributed by atoms with Gasteiger partial charge in [0, 0.05) is 18.0 Å². The van der Waals surface area contributed by atoms with Gasteiger partial charge in [-0.15, -0.1) is 0 Å². The van der Waals surface area contributed by atoms with E-state index in [0.717, 1.165) is 10.3 Å². The topological polar surface area (TPSA) is 55.9 Å². The second kappa shape index (κ2) is 6.29. The first-order valence-electron chi connectivity index (χ1n) is 8.49. The zero-order valence-electron chi connectivity index (χ0n) is 14.5. The second-order valence-corrected chi connectivity index (χ2v) is 6.70. The number of fused-ring (bicyclic) bond motifs is 1. The second-order valence-electron chi connectivity index (χ2n) is 6.70. The molecule has 0 aliphatic heterocycles. The Morgan fingerprint density at radius 1 is 1.08 bits per heavy atom. The number of halogens is 1. The van der Waals surface area contributed by atoms with Crippen LogP contribution >= 0.6 is 0 Å². The van der Waals surface area contributed by atoms with Crippen molar-refractivity contribution in [2.75, 3.05) is 0 Å². The number of benzene rings is 2. The van der Waals surface area contributed by atoms with E-state index in [1.807, 2.05) is 24.4 Å². The summed E-state index contributed by atoms with van der Waals surface area (Å²) in [4.78, 5) is 8.64. The number of aromatic nitrogens is 4. The monoisotopic (exact) mass is 350 g/mol. The van der Waals surface area contributed by atoms with Crippen molar-refractivity contribution in [3.63, 3.8) is 0 Å². The molecule has 2 heterocycles. The molecule has 0 fully saturated rings. The number of imidazole rings is 2. The van der Waals surface area contributed by atoms with Crippen LogP contribution in [0.1, 0.15) is 25.5 Å². The Hall–Kier alpha value is -3.15. The quantitative estimate of drug-likeness (QED) is 0.551. The summed E-state index contributed by atoms with van der Waals surface area (Å²) in [7, 11) is 0. The molecule has 1 atom stereocenters. The Labute approximate surface area is 150 Å². The molecule has 2 aromatic heterocycles. The van der Waals surface area contributed by atoms with Crippen molar-refractivity contribution in [3.05, 3.63) is 72.6 Å². The van der Waals surface area contributed by atoms with Crippen LogP contribution in [-0.2, 0) is 0 Å². The normalized spacial score (nSPS) is 12.8. The van der Waals surface area contributed by atoms with Crippen molar-refractivity contribution in [2.45, 2.75) is 19.9 Å². The molecule has 5 nitrogen and oxygen atoms in total. The van der Waals surface area contributed by atoms with Gasteiger partial charge < -0.3 is 9.77 Å². The maximum absolute atomic E-state index is 13.2. The van der Waals surface area contributed by atoms with Gasteiger partial charge in [0.15, 0.2) is 5.82 Å². The summed E-state index contributed by atoms with van der Waals surface area (Å²) >= 11 is 0. The smallest absolute Gasteiger partial charge is 0.176 e. The van der Waals surface area contributed by atoms with E-state index in [2.05, 4.69) is 28.4 Å². The van der Waals surface area contributed by atoms with Gasteiger partial charge in [-0.25, -0.2) is 14.4 Å². The maximum atomic E-state index is 13.2. The van der Waals surface area contributed by atoms with Crippen LogP contribution in [0.2, 0.25) is 0 Å². The van der Waals surface area contributed by atoms with Gasteiger partial charge in [-0.1, -0.05) is 19.9 Å². The van der Waals surface area contributed by atoms with Crippen molar-refractivity contribution in [1.29, 1.82) is 0 Å². The molecule has 0 radical (unpaired) electrons. The van der Waals surface area contributed by atoms with E-state index in [1.54, 1.807) is 24.7 Å². The fraction of sp³-hybridized carbons (Fsp3) is 0.200. The summed E-state index contributed by atoms with van der Waals surface area (Å²) in [6.45, 7) is 4.30. The van der Waals surface area contributed by atoms with E-state index < -0.39 is 0 Å². The summed E-state index contributed by atoms with van der Waals surface area (Å²) in [6.07, 6.45) is 5.50. The molecule has 1 N–H and O–H groups in total. The zero-order valence-corrected chi connectivity index (χ0v) is 14.5. The molecule has 0 saturated carbocycles. The lowest BCUT2D eigenvalue weighted by Crippen LogP contribution is -2.15. The van der Waals surface area contributed by atoms with Gasteiger partial charge in [0.2, 0.25) is 0 Å². The van der Waals surface area contributed by atoms with Gasteiger partial charge in [-0.3, -0.25) is 0 Å². The van der Waals surface area contributed by atoms with Crippen molar-refractivity contribution in [2.24, 2.45) is 5.92 Å². The number of hydrogen-bond donors (Lipinski definition) is 1. The van der Waals surface area contributed by atoms with Gasteiger partial charge in [-0.2, -0.15) is 4.73 Å². The Balaban J connectivity index is 1.82. The Morgan fingerprint density at radius 2 is 1.85 bits per heavy atom. The van der Waals surface area contributed by atoms with Crippen LogP contribution < -0.4 is 0 Å². The minimum atomic E-state index is -0.322. The van der Waals surface area contributed by atoms with Crippen LogP contribution in [0, 0.1) is 11.7 Å². The summed E-state index contributed by atoms with van der Waals surface area (Å²) in [5.41, 5.74) is 3.02. The highest BCUT2D eigenvalue weighted by Gasteiger charge is 2.20. The van der Waals surface area contributed by atoms with Crippen LogP contribution in [0.5, 0.6) is 0 Å². The summed E-state index contributed by atoms with van der Waals surface area (Å²) in [5.74, 6) is 0.408. The first-order chi connectivity index (χ1) is 12.5. The molecule has 0 saturated heterocycles. The third-order valence-electron chi connectivity index (χ3n) is 4.58. The number of rotatable bonds is 4. The highest BCUT2D eigenvalue weighted by molar-refractivity contribution is 5.81. The molecular formula is C20H19FN4O. The van der Waals surface area contributed by atoms with Gasteiger partial charge in [0.05, 0.1) is 17.9 Å². The summed E-state index contributed by atoms with van der Waals surface area (Å²) in [6, 6.07) is 11.9. The van der Waals surface area contributed by atoms with E-state index in [9.17, 15) is 9.60 Å². The highest BCUT2D eigenvalue weighted by atomic mass is 19.1. The first-order valence-corrected chi connectivity index (χ1v) is 8.49.